The highest BCUT2D eigenvalue weighted by molar-refractivity contribution is 5.75. The topological polar surface area (TPSA) is 69.6 Å². The van der Waals surface area contributed by atoms with Gasteiger partial charge in [-0.15, -0.1) is 0 Å². The molecule has 2 amide bonds. The lowest BCUT2D eigenvalue weighted by Crippen LogP contribution is -2.44. The lowest BCUT2D eigenvalue weighted by Gasteiger charge is -2.32. The second kappa shape index (κ2) is 7.55. The van der Waals surface area contributed by atoms with Gasteiger partial charge in [-0.05, 0) is 36.5 Å². The van der Waals surface area contributed by atoms with Crippen LogP contribution in [-0.4, -0.2) is 41.6 Å². The molecule has 0 unspecified atom stereocenters. The number of hydrogen-bond acceptors (Lipinski definition) is 2. The summed E-state index contributed by atoms with van der Waals surface area (Å²) in [4.78, 5) is 23.9. The molecule has 132 valence electrons. The van der Waals surface area contributed by atoms with E-state index in [1.165, 1.54) is 12.1 Å². The van der Waals surface area contributed by atoms with E-state index >= 15 is 0 Å². The summed E-state index contributed by atoms with van der Waals surface area (Å²) < 4.78 is 37.7. The smallest absolute Gasteiger partial charge is 0.416 e. The Morgan fingerprint density at radius 1 is 1.17 bits per heavy atom. The number of carboxylic acid groups (broad SMARTS) is 1. The van der Waals surface area contributed by atoms with Crippen LogP contribution in [0.15, 0.2) is 24.3 Å². The summed E-state index contributed by atoms with van der Waals surface area (Å²) in [5, 5.41) is 11.1. The second-order valence-electron chi connectivity index (χ2n) is 5.76. The van der Waals surface area contributed by atoms with Crippen LogP contribution in [0.3, 0.4) is 0 Å². The zero-order valence-corrected chi connectivity index (χ0v) is 13.0. The molecule has 0 atom stereocenters. The standard InChI is InChI=1S/C16H19F3N2O3/c17-16(18,19)13-3-1-11(2-4-13)12-6-9-21(10-7-12)15(24)20-8-5-14(22)23/h1-4,12H,5-10H2,(H,20,24)(H,22,23). The van der Waals surface area contributed by atoms with Gasteiger partial charge in [0.15, 0.2) is 0 Å². The first-order chi connectivity index (χ1) is 11.3. The number of amides is 2. The van der Waals surface area contributed by atoms with Crippen LogP contribution in [-0.2, 0) is 11.0 Å². The van der Waals surface area contributed by atoms with Gasteiger partial charge in [0.25, 0.3) is 0 Å². The number of aliphatic carboxylic acids is 1. The van der Waals surface area contributed by atoms with Crippen molar-refractivity contribution in [2.24, 2.45) is 0 Å². The molecule has 0 spiro atoms. The van der Waals surface area contributed by atoms with E-state index in [1.54, 1.807) is 4.90 Å². The molecule has 1 saturated heterocycles. The van der Waals surface area contributed by atoms with Gasteiger partial charge in [-0.2, -0.15) is 13.2 Å². The lowest BCUT2D eigenvalue weighted by molar-refractivity contribution is -0.138. The molecule has 1 aliphatic heterocycles. The molecule has 0 radical (unpaired) electrons. The third kappa shape index (κ3) is 4.87. The Hall–Kier alpha value is -2.25. The van der Waals surface area contributed by atoms with Gasteiger partial charge in [0, 0.05) is 19.6 Å². The first-order valence-corrected chi connectivity index (χ1v) is 7.69. The van der Waals surface area contributed by atoms with Crippen molar-refractivity contribution < 1.29 is 27.9 Å². The number of urea groups is 1. The zero-order chi connectivity index (χ0) is 17.7. The minimum atomic E-state index is -4.34. The van der Waals surface area contributed by atoms with Crippen molar-refractivity contribution in [2.75, 3.05) is 19.6 Å². The molecule has 0 aromatic heterocycles. The number of nitrogens with one attached hydrogen (secondary N) is 1. The average molecular weight is 344 g/mol. The minimum absolute atomic E-state index is 0.0764. The number of halogens is 3. The molecule has 0 bridgehead atoms. The number of benzene rings is 1. The van der Waals surface area contributed by atoms with Gasteiger partial charge in [0.2, 0.25) is 0 Å². The van der Waals surface area contributed by atoms with Crippen LogP contribution in [0.4, 0.5) is 18.0 Å². The summed E-state index contributed by atoms with van der Waals surface area (Å²) in [5.41, 5.74) is 0.176. The van der Waals surface area contributed by atoms with E-state index in [1.807, 2.05) is 0 Å². The van der Waals surface area contributed by atoms with Crippen LogP contribution in [0, 0.1) is 0 Å². The highest BCUT2D eigenvalue weighted by Crippen LogP contribution is 2.32. The maximum Gasteiger partial charge on any atom is 0.416 e. The van der Waals surface area contributed by atoms with Crippen LogP contribution in [0.5, 0.6) is 0 Å². The number of carbonyl (C=O) groups is 2. The molecule has 24 heavy (non-hydrogen) atoms. The fraction of sp³-hybridized carbons (Fsp3) is 0.500. The van der Waals surface area contributed by atoms with Crippen LogP contribution in [0.2, 0.25) is 0 Å². The molecule has 1 aromatic rings. The highest BCUT2D eigenvalue weighted by Gasteiger charge is 2.30. The number of nitrogens with zero attached hydrogens (tertiary/aromatic N) is 1. The molecule has 1 aliphatic rings. The van der Waals surface area contributed by atoms with Gasteiger partial charge >= 0.3 is 18.2 Å². The van der Waals surface area contributed by atoms with Crippen LogP contribution in [0.25, 0.3) is 0 Å². The molecule has 2 N–H and O–H groups in total. The average Bonchev–Trinajstić information content (AvgIpc) is 2.54. The Morgan fingerprint density at radius 2 is 1.75 bits per heavy atom. The van der Waals surface area contributed by atoms with Crippen molar-refractivity contribution in [3.63, 3.8) is 0 Å². The normalized spacial score (nSPS) is 16.0. The van der Waals surface area contributed by atoms with E-state index in [9.17, 15) is 22.8 Å². The summed E-state index contributed by atoms with van der Waals surface area (Å²) >= 11 is 0. The van der Waals surface area contributed by atoms with Crippen molar-refractivity contribution in [3.05, 3.63) is 35.4 Å². The maximum absolute atomic E-state index is 12.6. The molecule has 1 fully saturated rings. The molecule has 1 heterocycles. The number of hydrogen-bond donors (Lipinski definition) is 2. The molecule has 1 aromatic carbocycles. The maximum atomic E-state index is 12.6. The first kappa shape index (κ1) is 18.1. The van der Waals surface area contributed by atoms with Gasteiger partial charge in [-0.3, -0.25) is 4.79 Å². The number of carboxylic acids is 1. The number of rotatable bonds is 4. The van der Waals surface area contributed by atoms with E-state index in [0.717, 1.165) is 17.7 Å². The van der Waals surface area contributed by atoms with Crippen LogP contribution >= 0.6 is 0 Å². The fourth-order valence-corrected chi connectivity index (χ4v) is 2.75. The van der Waals surface area contributed by atoms with E-state index < -0.39 is 17.7 Å². The second-order valence-corrected chi connectivity index (χ2v) is 5.76. The van der Waals surface area contributed by atoms with Crippen molar-refractivity contribution in [2.45, 2.75) is 31.4 Å². The summed E-state index contributed by atoms with van der Waals surface area (Å²) in [6.07, 6.45) is -3.14. The first-order valence-electron chi connectivity index (χ1n) is 7.69. The van der Waals surface area contributed by atoms with Crippen LogP contribution < -0.4 is 5.32 Å². The van der Waals surface area contributed by atoms with E-state index in [-0.39, 0.29) is 24.9 Å². The van der Waals surface area contributed by atoms with Gasteiger partial charge < -0.3 is 15.3 Å². The third-order valence-corrected chi connectivity index (χ3v) is 4.11. The van der Waals surface area contributed by atoms with E-state index in [0.29, 0.717) is 25.9 Å². The van der Waals surface area contributed by atoms with E-state index in [4.69, 9.17) is 5.11 Å². The zero-order valence-electron chi connectivity index (χ0n) is 13.0. The quantitative estimate of drug-likeness (QED) is 0.882. The van der Waals surface area contributed by atoms with E-state index in [2.05, 4.69) is 5.32 Å². The third-order valence-electron chi connectivity index (χ3n) is 4.11. The Kier molecular flexibility index (Phi) is 5.69. The molecule has 8 heteroatoms. The molecular formula is C16H19F3N2O3. The Bertz CT molecular complexity index is 579. The predicted molar refractivity (Wildman–Crippen MR) is 80.6 cm³/mol. The molecule has 0 saturated carbocycles. The number of alkyl halides is 3. The SMILES string of the molecule is O=C(O)CCNC(=O)N1CCC(c2ccc(C(F)(F)F)cc2)CC1. The van der Waals surface area contributed by atoms with Crippen molar-refractivity contribution in [3.8, 4) is 0 Å². The number of piperidine rings is 1. The number of carbonyl (C=O) groups excluding carboxylic acids is 1. The minimum Gasteiger partial charge on any atom is -0.481 e. The van der Waals surface area contributed by atoms with Gasteiger partial charge in [0.1, 0.15) is 0 Å². The summed E-state index contributed by atoms with van der Waals surface area (Å²) in [6, 6.07) is 4.86. The monoisotopic (exact) mass is 344 g/mol. The fourth-order valence-electron chi connectivity index (χ4n) is 2.75. The van der Waals surface area contributed by atoms with Crippen molar-refractivity contribution in [1.29, 1.82) is 0 Å². The Labute approximate surface area is 137 Å². The largest absolute Gasteiger partial charge is 0.481 e. The Balaban J connectivity index is 1.84. The molecule has 5 nitrogen and oxygen atoms in total. The summed E-state index contributed by atoms with van der Waals surface area (Å²) in [5.74, 6) is -0.855. The molecule has 2 rings (SSSR count). The summed E-state index contributed by atoms with van der Waals surface area (Å²) in [7, 11) is 0. The van der Waals surface area contributed by atoms with Gasteiger partial charge in [-0.1, -0.05) is 12.1 Å². The van der Waals surface area contributed by atoms with Gasteiger partial charge in [-0.25, -0.2) is 4.79 Å². The van der Waals surface area contributed by atoms with Gasteiger partial charge in [0.05, 0.1) is 12.0 Å². The lowest BCUT2D eigenvalue weighted by atomic mass is 9.89. The van der Waals surface area contributed by atoms with Crippen molar-refractivity contribution in [1.82, 2.24) is 10.2 Å². The predicted octanol–water partition coefficient (Wildman–Crippen LogP) is 3.07. The summed E-state index contributed by atoms with van der Waals surface area (Å²) in [6.45, 7) is 1.06. The number of likely N-dealkylation sites (tertiary alicyclic amines) is 1. The van der Waals surface area contributed by atoms with Crippen molar-refractivity contribution >= 4 is 12.0 Å². The highest BCUT2D eigenvalue weighted by atomic mass is 19.4. The molecular weight excluding hydrogens is 325 g/mol. The van der Waals surface area contributed by atoms with Crippen LogP contribution in [0.1, 0.15) is 36.3 Å². The Morgan fingerprint density at radius 3 is 2.25 bits per heavy atom. The molecule has 0 aliphatic carbocycles.